The second-order valence-corrected chi connectivity index (χ2v) is 15.3. The van der Waals surface area contributed by atoms with E-state index in [-0.39, 0.29) is 29.6 Å². The first-order valence-electron chi connectivity index (χ1n) is 16.9. The van der Waals surface area contributed by atoms with E-state index >= 15 is 0 Å². The molecule has 1 fully saturated rings. The van der Waals surface area contributed by atoms with E-state index in [1.54, 1.807) is 42.6 Å². The summed E-state index contributed by atoms with van der Waals surface area (Å²) in [6.45, 7) is 1.77. The summed E-state index contributed by atoms with van der Waals surface area (Å²) in [5.41, 5.74) is 4.45. The van der Waals surface area contributed by atoms with Crippen LogP contribution in [-0.4, -0.2) is 53.4 Å². The van der Waals surface area contributed by atoms with Gasteiger partial charge >= 0.3 is 5.97 Å². The fourth-order valence-electron chi connectivity index (χ4n) is 5.87. The van der Waals surface area contributed by atoms with Crippen molar-refractivity contribution >= 4 is 39.3 Å². The number of aryl methyl sites for hydroxylation is 1. The SMILES string of the molecule is Cc1ccc(S(=O)(=O)N[C@H](Cc2ccccc2)C(=O)Nc2cccc([C@H]3O[C@@H](CSc4ncccc4C(=O)O)C[C@@H](c4ccc(CO)cc4)O3)c2)cc1. The van der Waals surface area contributed by atoms with Crippen LogP contribution in [0.25, 0.3) is 0 Å². The maximum atomic E-state index is 13.8. The van der Waals surface area contributed by atoms with Crippen molar-refractivity contribution in [3.63, 3.8) is 0 Å². The maximum Gasteiger partial charge on any atom is 0.338 e. The number of ether oxygens (including phenoxy) is 2. The number of amides is 1. The van der Waals surface area contributed by atoms with Crippen molar-refractivity contribution < 1.29 is 37.7 Å². The summed E-state index contributed by atoms with van der Waals surface area (Å²) in [4.78, 5) is 30.0. The third kappa shape index (κ3) is 9.96. The van der Waals surface area contributed by atoms with Gasteiger partial charge in [0.25, 0.3) is 0 Å². The lowest BCUT2D eigenvalue weighted by Crippen LogP contribution is -2.45. The number of hydrogen-bond donors (Lipinski definition) is 4. The molecule has 53 heavy (non-hydrogen) atoms. The largest absolute Gasteiger partial charge is 0.478 e. The zero-order chi connectivity index (χ0) is 37.4. The normalized spacial score (nSPS) is 17.9. The number of aliphatic hydroxyl groups is 1. The van der Waals surface area contributed by atoms with Crippen LogP contribution in [-0.2, 0) is 37.3 Å². The van der Waals surface area contributed by atoms with E-state index in [9.17, 15) is 28.2 Å². The van der Waals surface area contributed by atoms with Gasteiger partial charge in [-0.15, -0.1) is 11.8 Å². The van der Waals surface area contributed by atoms with Gasteiger partial charge in [0.2, 0.25) is 15.9 Å². The predicted molar refractivity (Wildman–Crippen MR) is 201 cm³/mol. The number of pyridine rings is 1. The van der Waals surface area contributed by atoms with Crippen LogP contribution in [0.15, 0.2) is 131 Å². The minimum absolute atomic E-state index is 0.0538. The average molecular weight is 754 g/mol. The van der Waals surface area contributed by atoms with Crippen LogP contribution in [0, 0.1) is 6.92 Å². The molecule has 0 spiro atoms. The molecule has 13 heteroatoms. The van der Waals surface area contributed by atoms with E-state index in [0.29, 0.717) is 28.5 Å². The number of aromatic nitrogens is 1. The highest BCUT2D eigenvalue weighted by Crippen LogP contribution is 2.40. The topological polar surface area (TPSA) is 164 Å². The number of nitrogens with one attached hydrogen (secondary N) is 2. The fourth-order valence-corrected chi connectivity index (χ4v) is 8.07. The van der Waals surface area contributed by atoms with E-state index in [4.69, 9.17) is 9.47 Å². The number of aliphatic hydroxyl groups excluding tert-OH is 1. The summed E-state index contributed by atoms with van der Waals surface area (Å²) in [5.74, 6) is -1.23. The number of thioether (sulfide) groups is 1. The predicted octanol–water partition coefficient (Wildman–Crippen LogP) is 6.45. The molecule has 0 saturated carbocycles. The Labute approximate surface area is 312 Å². The summed E-state index contributed by atoms with van der Waals surface area (Å²) in [7, 11) is -4.04. The Bertz CT molecular complexity index is 2130. The first-order valence-corrected chi connectivity index (χ1v) is 19.4. The second kappa shape index (κ2) is 17.3. The number of carbonyl (C=O) groups is 2. The van der Waals surface area contributed by atoms with Gasteiger partial charge in [-0.25, -0.2) is 18.2 Å². The summed E-state index contributed by atoms with van der Waals surface area (Å²) >= 11 is 1.28. The molecule has 0 aliphatic carbocycles. The Morgan fingerprint density at radius 2 is 1.64 bits per heavy atom. The zero-order valence-corrected chi connectivity index (χ0v) is 30.4. The maximum absolute atomic E-state index is 13.8. The van der Waals surface area contributed by atoms with E-state index in [1.165, 1.54) is 30.0 Å². The number of aromatic carboxylic acids is 1. The third-order valence-electron chi connectivity index (χ3n) is 8.68. The molecule has 1 aromatic heterocycles. The van der Waals surface area contributed by atoms with Gasteiger partial charge in [0.05, 0.1) is 29.3 Å². The minimum atomic E-state index is -4.04. The quantitative estimate of drug-likeness (QED) is 0.0928. The number of nitrogens with zero attached hydrogens (tertiary/aromatic N) is 1. The van der Waals surface area contributed by atoms with Crippen molar-refractivity contribution in [2.75, 3.05) is 11.1 Å². The standard InChI is InChI=1S/C40H39N3O8S2/c1-26-12-18-33(19-13-26)53(48,49)43-35(21-27-7-3-2-4-8-27)37(45)42-31-10-5-9-30(22-31)40-50-32(25-52-38-34(39(46)47)11-6-20-41-38)23-36(51-40)29-16-14-28(24-44)15-17-29/h2-20,22,32,35-36,40,43-44H,21,23-25H2,1H3,(H,42,45)(H,46,47)/t32-,35-,36+,40+/m1/s1. The first kappa shape index (κ1) is 37.9. The summed E-state index contributed by atoms with van der Waals surface area (Å²) in [6, 6.07) is 31.9. The van der Waals surface area contributed by atoms with Crippen molar-refractivity contribution in [3.8, 4) is 0 Å². The minimum Gasteiger partial charge on any atom is -0.478 e. The highest BCUT2D eigenvalue weighted by molar-refractivity contribution is 7.99. The first-order chi connectivity index (χ1) is 25.6. The van der Waals surface area contributed by atoms with Crippen molar-refractivity contribution in [2.45, 2.75) is 60.8 Å². The van der Waals surface area contributed by atoms with Crippen LogP contribution in [0.3, 0.4) is 0 Å². The number of benzene rings is 4. The number of sulfonamides is 1. The number of carboxylic acids is 1. The Morgan fingerprint density at radius 1 is 0.887 bits per heavy atom. The molecular formula is C40H39N3O8S2. The lowest BCUT2D eigenvalue weighted by Gasteiger charge is -2.36. The van der Waals surface area contributed by atoms with Crippen LogP contribution in [0.5, 0.6) is 0 Å². The Hall–Kier alpha value is -4.89. The Kier molecular flexibility index (Phi) is 12.3. The van der Waals surface area contributed by atoms with Gasteiger partial charge < -0.3 is 25.0 Å². The van der Waals surface area contributed by atoms with Gasteiger partial charge in [-0.05, 0) is 66.4 Å². The van der Waals surface area contributed by atoms with Gasteiger partial charge in [0.1, 0.15) is 11.1 Å². The van der Waals surface area contributed by atoms with Crippen molar-refractivity contribution in [3.05, 3.63) is 155 Å². The van der Waals surface area contributed by atoms with Crippen molar-refractivity contribution in [2.24, 2.45) is 0 Å². The van der Waals surface area contributed by atoms with Crippen LogP contribution in [0.4, 0.5) is 5.69 Å². The molecule has 1 amide bonds. The van der Waals surface area contributed by atoms with Crippen molar-refractivity contribution in [1.29, 1.82) is 0 Å². The third-order valence-corrected chi connectivity index (χ3v) is 11.3. The molecule has 5 aromatic rings. The molecule has 1 aliphatic rings. The molecule has 0 bridgehead atoms. The molecule has 274 valence electrons. The number of carbonyl (C=O) groups excluding carboxylic acids is 1. The second-order valence-electron chi connectivity index (χ2n) is 12.6. The average Bonchev–Trinajstić information content (AvgIpc) is 3.17. The van der Waals surface area contributed by atoms with Crippen LogP contribution in [0.1, 0.15) is 57.0 Å². The molecular weight excluding hydrogens is 715 g/mol. The zero-order valence-electron chi connectivity index (χ0n) is 28.8. The smallest absolute Gasteiger partial charge is 0.338 e. The monoisotopic (exact) mass is 753 g/mol. The van der Waals surface area contributed by atoms with Gasteiger partial charge in [-0.3, -0.25) is 4.79 Å². The fraction of sp³-hybridized carbons (Fsp3) is 0.225. The van der Waals surface area contributed by atoms with E-state index in [2.05, 4.69) is 15.0 Å². The van der Waals surface area contributed by atoms with E-state index < -0.39 is 40.3 Å². The molecule has 2 heterocycles. The molecule has 1 aliphatic heterocycles. The van der Waals surface area contributed by atoms with Gasteiger partial charge in [-0.1, -0.05) is 84.4 Å². The number of anilines is 1. The molecule has 4 atom stereocenters. The molecule has 6 rings (SSSR count). The van der Waals surface area contributed by atoms with E-state index in [0.717, 1.165) is 22.3 Å². The highest BCUT2D eigenvalue weighted by atomic mass is 32.2. The van der Waals surface area contributed by atoms with Crippen molar-refractivity contribution in [1.82, 2.24) is 9.71 Å². The molecule has 4 N–H and O–H groups in total. The summed E-state index contributed by atoms with van der Waals surface area (Å²) < 4.78 is 42.3. The lowest BCUT2D eigenvalue weighted by atomic mass is 10.0. The number of carboxylic acid groups (broad SMARTS) is 1. The molecule has 1 saturated heterocycles. The van der Waals surface area contributed by atoms with Crippen LogP contribution >= 0.6 is 11.8 Å². The lowest BCUT2D eigenvalue weighted by molar-refractivity contribution is -0.245. The Balaban J connectivity index is 1.23. The molecule has 0 unspecified atom stereocenters. The highest BCUT2D eigenvalue weighted by Gasteiger charge is 2.33. The van der Waals surface area contributed by atoms with Crippen LogP contribution in [0.2, 0.25) is 0 Å². The van der Waals surface area contributed by atoms with Crippen LogP contribution < -0.4 is 10.0 Å². The number of rotatable bonds is 14. The molecule has 0 radical (unpaired) electrons. The summed E-state index contributed by atoms with van der Waals surface area (Å²) in [5, 5.41) is 22.5. The Morgan fingerprint density at radius 3 is 2.36 bits per heavy atom. The van der Waals surface area contributed by atoms with Gasteiger partial charge in [-0.2, -0.15) is 4.72 Å². The summed E-state index contributed by atoms with van der Waals surface area (Å²) in [6.07, 6.45) is 0.481. The van der Waals surface area contributed by atoms with Gasteiger partial charge in [0, 0.05) is 29.6 Å². The molecule has 4 aromatic carbocycles. The number of hydrogen-bond acceptors (Lipinski definition) is 9. The van der Waals surface area contributed by atoms with Gasteiger partial charge in [0.15, 0.2) is 6.29 Å². The molecule has 11 nitrogen and oxygen atoms in total. The van der Waals surface area contributed by atoms with E-state index in [1.807, 2.05) is 67.6 Å².